The molecule has 35 heavy (non-hydrogen) atoms. The number of alkyl halides is 3. The lowest BCUT2D eigenvalue weighted by atomic mass is 9.95. The van der Waals surface area contributed by atoms with Crippen molar-refractivity contribution < 1.29 is 27.8 Å². The second kappa shape index (κ2) is 9.33. The molecule has 1 atom stereocenters. The largest absolute Gasteiger partial charge is 0.465 e. The van der Waals surface area contributed by atoms with Gasteiger partial charge < -0.3 is 25.0 Å². The van der Waals surface area contributed by atoms with E-state index in [1.807, 2.05) is 6.07 Å². The van der Waals surface area contributed by atoms with Crippen molar-refractivity contribution in [2.75, 3.05) is 31.6 Å². The molecule has 2 aliphatic rings. The summed E-state index contributed by atoms with van der Waals surface area (Å²) in [6.07, 6.45) is -0.423. The first kappa shape index (κ1) is 23.3. The average molecular weight is 490 g/mol. The zero-order valence-electron chi connectivity index (χ0n) is 18.8. The molecule has 1 amide bonds. The number of carboxylic acid groups (broad SMARTS) is 1. The highest BCUT2D eigenvalue weighted by atomic mass is 19.4. The van der Waals surface area contributed by atoms with E-state index in [4.69, 9.17) is 4.74 Å². The lowest BCUT2D eigenvalue weighted by molar-refractivity contribution is -0.137. The van der Waals surface area contributed by atoms with E-state index in [1.165, 1.54) is 11.1 Å². The number of carbonyl (C=O) groups is 1. The van der Waals surface area contributed by atoms with Crippen LogP contribution in [0.4, 0.5) is 23.9 Å². The predicted molar refractivity (Wildman–Crippen MR) is 121 cm³/mol. The molecule has 0 aliphatic carbocycles. The van der Waals surface area contributed by atoms with Gasteiger partial charge in [-0.25, -0.2) is 19.7 Å². The van der Waals surface area contributed by atoms with Gasteiger partial charge in [0, 0.05) is 67.3 Å². The number of pyridine rings is 1. The average Bonchev–Trinajstić information content (AvgIpc) is 3.27. The molecular formula is C23H25F3N6O3. The van der Waals surface area contributed by atoms with E-state index >= 15 is 0 Å². The molecule has 2 saturated heterocycles. The predicted octanol–water partition coefficient (Wildman–Crippen LogP) is 4.49. The number of aromatic nitrogens is 4. The van der Waals surface area contributed by atoms with Gasteiger partial charge in [0.15, 0.2) is 0 Å². The Kier molecular flexibility index (Phi) is 6.22. The van der Waals surface area contributed by atoms with Crippen LogP contribution in [0.2, 0.25) is 0 Å². The lowest BCUT2D eigenvalue weighted by Gasteiger charge is -2.31. The van der Waals surface area contributed by atoms with Gasteiger partial charge in [0.2, 0.25) is 5.95 Å². The number of H-pyrrole nitrogens is 1. The molecule has 0 radical (unpaired) electrons. The van der Waals surface area contributed by atoms with E-state index in [1.54, 1.807) is 6.07 Å². The van der Waals surface area contributed by atoms with Crippen LogP contribution in [0.5, 0.6) is 0 Å². The Morgan fingerprint density at radius 1 is 1.20 bits per heavy atom. The molecule has 9 nitrogen and oxygen atoms in total. The number of nitrogens with zero attached hydrogens (tertiary/aromatic N) is 4. The SMILES string of the molecule is O=C(O)N1CCC[C@H](Nc2ncc(C(F)(F)F)c(-c3c[nH]c4nc(C5CCOCC5)ccc34)n2)C1. The Bertz CT molecular complexity index is 1220. The van der Waals surface area contributed by atoms with Crippen LogP contribution in [-0.4, -0.2) is 68.4 Å². The number of nitrogens with one attached hydrogen (secondary N) is 2. The van der Waals surface area contributed by atoms with Crippen LogP contribution in [0, 0.1) is 0 Å². The fraction of sp³-hybridized carbons (Fsp3) is 0.478. The molecule has 186 valence electrons. The number of aromatic amines is 1. The second-order valence-electron chi connectivity index (χ2n) is 8.89. The summed E-state index contributed by atoms with van der Waals surface area (Å²) >= 11 is 0. The number of amides is 1. The van der Waals surface area contributed by atoms with Crippen molar-refractivity contribution in [3.05, 3.63) is 35.8 Å². The van der Waals surface area contributed by atoms with Crippen LogP contribution < -0.4 is 5.32 Å². The van der Waals surface area contributed by atoms with E-state index in [-0.39, 0.29) is 35.7 Å². The van der Waals surface area contributed by atoms with Gasteiger partial charge in [0.25, 0.3) is 0 Å². The molecule has 0 bridgehead atoms. The maximum atomic E-state index is 13.9. The molecule has 5 heterocycles. The summed E-state index contributed by atoms with van der Waals surface area (Å²) < 4.78 is 47.0. The Labute approximate surface area is 198 Å². The second-order valence-corrected chi connectivity index (χ2v) is 8.89. The molecule has 0 aromatic carbocycles. The number of hydrogen-bond acceptors (Lipinski definition) is 6. The molecule has 0 saturated carbocycles. The van der Waals surface area contributed by atoms with Crippen LogP contribution in [0.15, 0.2) is 24.5 Å². The van der Waals surface area contributed by atoms with Crippen LogP contribution in [0.3, 0.4) is 0 Å². The van der Waals surface area contributed by atoms with Crippen molar-refractivity contribution in [3.63, 3.8) is 0 Å². The summed E-state index contributed by atoms with van der Waals surface area (Å²) in [6.45, 7) is 1.96. The van der Waals surface area contributed by atoms with Gasteiger partial charge in [-0.3, -0.25) is 0 Å². The number of halogens is 3. The zero-order valence-corrected chi connectivity index (χ0v) is 18.8. The number of hydrogen-bond donors (Lipinski definition) is 3. The number of rotatable bonds is 4. The van der Waals surface area contributed by atoms with Crippen LogP contribution in [-0.2, 0) is 10.9 Å². The fourth-order valence-electron chi connectivity index (χ4n) is 4.75. The van der Waals surface area contributed by atoms with Gasteiger partial charge in [-0.05, 0) is 37.8 Å². The van der Waals surface area contributed by atoms with Gasteiger partial charge in [0.1, 0.15) is 11.2 Å². The van der Waals surface area contributed by atoms with E-state index in [0.717, 1.165) is 24.7 Å². The van der Waals surface area contributed by atoms with Gasteiger partial charge in [-0.1, -0.05) is 0 Å². The standard InChI is InChI=1S/C23H25F3N6O3/c24-23(25,26)17-11-28-21(29-14-2-1-7-32(12-14)22(33)34)31-19(17)16-10-27-20-15(16)3-4-18(30-20)13-5-8-35-9-6-13/h3-4,10-11,13-14H,1-2,5-9,12H2,(H,27,30)(H,33,34)(H,28,29,31)/t14-/m0/s1. The van der Waals surface area contributed by atoms with Gasteiger partial charge >= 0.3 is 12.3 Å². The third-order valence-corrected chi connectivity index (χ3v) is 6.57. The van der Waals surface area contributed by atoms with Crippen molar-refractivity contribution in [3.8, 4) is 11.3 Å². The molecule has 3 aromatic heterocycles. The summed E-state index contributed by atoms with van der Waals surface area (Å²) in [7, 11) is 0. The first-order valence-corrected chi connectivity index (χ1v) is 11.5. The smallest absolute Gasteiger partial charge is 0.419 e. The normalized spacial score (nSPS) is 19.7. The number of likely N-dealkylation sites (tertiary alicyclic amines) is 1. The summed E-state index contributed by atoms with van der Waals surface area (Å²) in [6, 6.07) is 3.34. The van der Waals surface area contributed by atoms with Crippen molar-refractivity contribution >= 4 is 23.1 Å². The van der Waals surface area contributed by atoms with E-state index < -0.39 is 17.8 Å². The fourth-order valence-corrected chi connectivity index (χ4v) is 4.75. The summed E-state index contributed by atoms with van der Waals surface area (Å²) in [5.74, 6) is 0.271. The van der Waals surface area contributed by atoms with Crippen molar-refractivity contribution in [1.29, 1.82) is 0 Å². The monoisotopic (exact) mass is 490 g/mol. The number of ether oxygens (including phenoxy) is 1. The highest BCUT2D eigenvalue weighted by molar-refractivity contribution is 5.93. The molecule has 12 heteroatoms. The minimum absolute atomic E-state index is 0.0198. The quantitative estimate of drug-likeness (QED) is 0.494. The minimum Gasteiger partial charge on any atom is -0.465 e. The summed E-state index contributed by atoms with van der Waals surface area (Å²) in [5.41, 5.74) is 0.450. The van der Waals surface area contributed by atoms with Crippen LogP contribution >= 0.6 is 0 Å². The molecule has 5 rings (SSSR count). The first-order chi connectivity index (χ1) is 16.8. The Hall–Kier alpha value is -3.41. The Morgan fingerprint density at radius 3 is 2.74 bits per heavy atom. The topological polar surface area (TPSA) is 116 Å². The van der Waals surface area contributed by atoms with Crippen molar-refractivity contribution in [1.82, 2.24) is 24.8 Å². The molecule has 2 aliphatic heterocycles. The van der Waals surface area contributed by atoms with Gasteiger partial charge in [-0.15, -0.1) is 0 Å². The van der Waals surface area contributed by atoms with E-state index in [2.05, 4.69) is 25.3 Å². The Morgan fingerprint density at radius 2 is 2.00 bits per heavy atom. The van der Waals surface area contributed by atoms with Crippen LogP contribution in [0.25, 0.3) is 22.3 Å². The van der Waals surface area contributed by atoms with E-state index in [9.17, 15) is 23.1 Å². The first-order valence-electron chi connectivity index (χ1n) is 11.5. The minimum atomic E-state index is -4.65. The highest BCUT2D eigenvalue weighted by Crippen LogP contribution is 2.39. The van der Waals surface area contributed by atoms with Crippen molar-refractivity contribution in [2.45, 2.75) is 43.8 Å². The van der Waals surface area contributed by atoms with Crippen LogP contribution in [0.1, 0.15) is 42.9 Å². The maximum absolute atomic E-state index is 13.9. The number of piperidine rings is 1. The van der Waals surface area contributed by atoms with E-state index in [0.29, 0.717) is 43.6 Å². The molecule has 3 aromatic rings. The molecule has 3 N–H and O–H groups in total. The van der Waals surface area contributed by atoms with Crippen molar-refractivity contribution in [2.24, 2.45) is 0 Å². The highest BCUT2D eigenvalue weighted by Gasteiger charge is 2.36. The Balaban J connectivity index is 1.48. The lowest BCUT2D eigenvalue weighted by Crippen LogP contribution is -2.44. The van der Waals surface area contributed by atoms with Gasteiger partial charge in [0.05, 0.1) is 5.69 Å². The zero-order chi connectivity index (χ0) is 24.6. The molecule has 0 spiro atoms. The number of fused-ring (bicyclic) bond motifs is 1. The third-order valence-electron chi connectivity index (χ3n) is 6.57. The number of anilines is 1. The molecule has 2 fully saturated rings. The maximum Gasteiger partial charge on any atom is 0.419 e. The third kappa shape index (κ3) is 4.88. The van der Waals surface area contributed by atoms with Gasteiger partial charge in [-0.2, -0.15) is 13.2 Å². The molecule has 0 unspecified atom stereocenters. The summed E-state index contributed by atoms with van der Waals surface area (Å²) in [4.78, 5) is 28.4. The molecular weight excluding hydrogens is 465 g/mol. The summed E-state index contributed by atoms with van der Waals surface area (Å²) in [5, 5.41) is 12.8.